The van der Waals surface area contributed by atoms with E-state index in [-0.39, 0.29) is 11.8 Å². The van der Waals surface area contributed by atoms with E-state index in [1.807, 2.05) is 25.1 Å². The summed E-state index contributed by atoms with van der Waals surface area (Å²) < 4.78 is 0. The van der Waals surface area contributed by atoms with Crippen LogP contribution in [0.25, 0.3) is 0 Å². The second-order valence-corrected chi connectivity index (χ2v) is 6.31. The number of benzene rings is 1. The molecule has 26 heavy (non-hydrogen) atoms. The van der Waals surface area contributed by atoms with Crippen molar-refractivity contribution in [1.29, 1.82) is 0 Å². The highest BCUT2D eigenvalue weighted by atomic mass is 16.2. The molecule has 2 aromatic rings. The summed E-state index contributed by atoms with van der Waals surface area (Å²) in [5.74, 6) is 0.538. The molecule has 1 saturated heterocycles. The van der Waals surface area contributed by atoms with E-state index >= 15 is 0 Å². The molecule has 0 spiro atoms. The van der Waals surface area contributed by atoms with Crippen molar-refractivity contribution < 1.29 is 9.59 Å². The van der Waals surface area contributed by atoms with Gasteiger partial charge < -0.3 is 15.5 Å². The van der Waals surface area contributed by atoms with Gasteiger partial charge in [-0.25, -0.2) is 4.98 Å². The van der Waals surface area contributed by atoms with Gasteiger partial charge in [0, 0.05) is 37.9 Å². The zero-order valence-electron chi connectivity index (χ0n) is 15.0. The highest BCUT2D eigenvalue weighted by Gasteiger charge is 2.20. The Morgan fingerprint density at radius 2 is 1.77 bits per heavy atom. The first-order valence-corrected chi connectivity index (χ1v) is 9.04. The summed E-state index contributed by atoms with van der Waals surface area (Å²) in [6.45, 7) is 4.78. The number of nitrogens with zero attached hydrogens (tertiary/aromatic N) is 2. The van der Waals surface area contributed by atoms with E-state index in [1.165, 1.54) is 0 Å². The second kappa shape index (κ2) is 8.47. The molecule has 0 atom stereocenters. The summed E-state index contributed by atoms with van der Waals surface area (Å²) in [5, 5.41) is 5.71. The third-order valence-electron chi connectivity index (χ3n) is 4.44. The number of hydrogen-bond acceptors (Lipinski definition) is 4. The van der Waals surface area contributed by atoms with Crippen molar-refractivity contribution in [3.05, 3.63) is 59.3 Å². The average Bonchev–Trinajstić information content (AvgIpc) is 3.21. The van der Waals surface area contributed by atoms with Gasteiger partial charge in [0.25, 0.3) is 11.8 Å². The van der Waals surface area contributed by atoms with Crippen molar-refractivity contribution in [3.8, 4) is 0 Å². The maximum atomic E-state index is 12.6. The van der Waals surface area contributed by atoms with Crippen LogP contribution in [0.2, 0.25) is 0 Å². The van der Waals surface area contributed by atoms with Gasteiger partial charge in [0.05, 0.1) is 5.56 Å². The lowest BCUT2D eigenvalue weighted by atomic mass is 10.1. The molecule has 2 heterocycles. The summed E-state index contributed by atoms with van der Waals surface area (Å²) in [7, 11) is 0. The monoisotopic (exact) mass is 352 g/mol. The van der Waals surface area contributed by atoms with Crippen molar-refractivity contribution in [2.24, 2.45) is 0 Å². The number of pyridine rings is 1. The molecule has 0 bridgehead atoms. The topological polar surface area (TPSA) is 74.3 Å². The van der Waals surface area contributed by atoms with Crippen LogP contribution in [-0.2, 0) is 6.54 Å². The van der Waals surface area contributed by atoms with Crippen LogP contribution in [-0.4, -0.2) is 36.4 Å². The van der Waals surface area contributed by atoms with E-state index in [0.717, 1.165) is 37.3 Å². The first kappa shape index (κ1) is 17.9. The van der Waals surface area contributed by atoms with Crippen LogP contribution in [0.3, 0.4) is 0 Å². The number of rotatable bonds is 6. The van der Waals surface area contributed by atoms with Gasteiger partial charge in [0.1, 0.15) is 5.82 Å². The highest BCUT2D eigenvalue weighted by molar-refractivity contribution is 5.99. The Morgan fingerprint density at radius 1 is 1.04 bits per heavy atom. The van der Waals surface area contributed by atoms with Crippen LogP contribution in [0.15, 0.2) is 42.6 Å². The van der Waals surface area contributed by atoms with E-state index in [2.05, 4.69) is 20.5 Å². The van der Waals surface area contributed by atoms with E-state index in [1.54, 1.807) is 24.4 Å². The smallest absolute Gasteiger partial charge is 0.255 e. The lowest BCUT2D eigenvalue weighted by molar-refractivity contribution is 0.0944. The molecule has 1 aliphatic rings. The summed E-state index contributed by atoms with van der Waals surface area (Å²) in [6, 6.07) is 10.9. The molecular weight excluding hydrogens is 328 g/mol. The molecule has 0 unspecified atom stereocenters. The fourth-order valence-corrected chi connectivity index (χ4v) is 3.07. The lowest BCUT2D eigenvalue weighted by Crippen LogP contribution is -2.28. The molecule has 6 nitrogen and oxygen atoms in total. The Labute approximate surface area is 153 Å². The van der Waals surface area contributed by atoms with Crippen molar-refractivity contribution in [2.45, 2.75) is 26.3 Å². The Hall–Kier alpha value is -2.89. The number of carbonyl (C=O) groups excluding carboxylic acids is 2. The molecule has 2 amide bonds. The first-order valence-electron chi connectivity index (χ1n) is 9.04. The fourth-order valence-electron chi connectivity index (χ4n) is 3.07. The molecule has 6 heteroatoms. The highest BCUT2D eigenvalue weighted by Crippen LogP contribution is 2.21. The Kier molecular flexibility index (Phi) is 5.84. The lowest BCUT2D eigenvalue weighted by Gasteiger charge is -2.19. The molecule has 0 saturated carbocycles. The SMILES string of the molecule is CCNC(=O)c1ccc(CNC(=O)c2cccnc2N2CCCC2)cc1. The third kappa shape index (κ3) is 4.20. The number of carbonyl (C=O) groups is 2. The van der Waals surface area contributed by atoms with Crippen molar-refractivity contribution >= 4 is 17.6 Å². The minimum absolute atomic E-state index is 0.0892. The van der Waals surface area contributed by atoms with Crippen LogP contribution in [0, 0.1) is 0 Å². The number of amides is 2. The third-order valence-corrected chi connectivity index (χ3v) is 4.44. The summed E-state index contributed by atoms with van der Waals surface area (Å²) >= 11 is 0. The molecule has 0 aliphatic carbocycles. The van der Waals surface area contributed by atoms with E-state index in [4.69, 9.17) is 0 Å². The number of nitrogens with one attached hydrogen (secondary N) is 2. The van der Waals surface area contributed by atoms with Gasteiger partial charge in [-0.05, 0) is 49.6 Å². The van der Waals surface area contributed by atoms with Gasteiger partial charge in [-0.3, -0.25) is 9.59 Å². The molecule has 136 valence electrons. The van der Waals surface area contributed by atoms with Gasteiger partial charge in [-0.2, -0.15) is 0 Å². The minimum Gasteiger partial charge on any atom is -0.356 e. The van der Waals surface area contributed by atoms with E-state index < -0.39 is 0 Å². The number of hydrogen-bond donors (Lipinski definition) is 2. The summed E-state index contributed by atoms with van der Waals surface area (Å²) in [6.07, 6.45) is 4.00. The largest absolute Gasteiger partial charge is 0.356 e. The zero-order chi connectivity index (χ0) is 18.4. The Bertz CT molecular complexity index is 768. The molecule has 1 aromatic heterocycles. The molecule has 2 N–H and O–H groups in total. The molecule has 3 rings (SSSR count). The summed E-state index contributed by atoms with van der Waals surface area (Å²) in [5.41, 5.74) is 2.16. The van der Waals surface area contributed by atoms with Gasteiger partial charge in [-0.15, -0.1) is 0 Å². The second-order valence-electron chi connectivity index (χ2n) is 6.31. The molecular formula is C20H24N4O2. The van der Waals surface area contributed by atoms with Crippen LogP contribution in [0.1, 0.15) is 46.0 Å². The van der Waals surface area contributed by atoms with Crippen molar-refractivity contribution in [3.63, 3.8) is 0 Å². The van der Waals surface area contributed by atoms with Crippen LogP contribution < -0.4 is 15.5 Å². The standard InChI is InChI=1S/C20H24N4O2/c1-2-21-19(25)16-9-7-15(8-10-16)14-23-20(26)17-6-5-11-22-18(17)24-12-3-4-13-24/h5-11H,2-4,12-14H2,1H3,(H,21,25)(H,23,26). The first-order chi connectivity index (χ1) is 12.7. The van der Waals surface area contributed by atoms with Gasteiger partial charge >= 0.3 is 0 Å². The van der Waals surface area contributed by atoms with Crippen molar-refractivity contribution in [2.75, 3.05) is 24.5 Å². The molecule has 1 aliphatic heterocycles. The Balaban J connectivity index is 1.63. The minimum atomic E-state index is -0.132. The molecule has 0 radical (unpaired) electrons. The van der Waals surface area contributed by atoms with E-state index in [0.29, 0.717) is 24.2 Å². The predicted molar refractivity (Wildman–Crippen MR) is 101 cm³/mol. The molecule has 1 fully saturated rings. The molecule has 1 aromatic carbocycles. The zero-order valence-corrected chi connectivity index (χ0v) is 15.0. The summed E-state index contributed by atoms with van der Waals surface area (Å²) in [4.78, 5) is 31.0. The van der Waals surface area contributed by atoms with Crippen LogP contribution in [0.4, 0.5) is 5.82 Å². The quantitative estimate of drug-likeness (QED) is 0.837. The number of aromatic nitrogens is 1. The fraction of sp³-hybridized carbons (Fsp3) is 0.350. The number of anilines is 1. The Morgan fingerprint density at radius 3 is 2.46 bits per heavy atom. The van der Waals surface area contributed by atoms with Crippen LogP contribution in [0.5, 0.6) is 0 Å². The van der Waals surface area contributed by atoms with E-state index in [9.17, 15) is 9.59 Å². The van der Waals surface area contributed by atoms with Crippen LogP contribution >= 0.6 is 0 Å². The maximum Gasteiger partial charge on any atom is 0.255 e. The van der Waals surface area contributed by atoms with Gasteiger partial charge in [0.15, 0.2) is 0 Å². The average molecular weight is 352 g/mol. The predicted octanol–water partition coefficient (Wildman–Crippen LogP) is 2.36. The van der Waals surface area contributed by atoms with Crippen molar-refractivity contribution in [1.82, 2.24) is 15.6 Å². The van der Waals surface area contributed by atoms with Gasteiger partial charge in [0.2, 0.25) is 0 Å². The van der Waals surface area contributed by atoms with Gasteiger partial charge in [-0.1, -0.05) is 12.1 Å². The maximum absolute atomic E-state index is 12.6. The normalized spacial score (nSPS) is 13.5.